The van der Waals surface area contributed by atoms with Crippen molar-refractivity contribution in [2.24, 2.45) is 11.7 Å². The monoisotopic (exact) mass is 329 g/mol. The van der Waals surface area contributed by atoms with Crippen molar-refractivity contribution in [2.75, 3.05) is 13.1 Å². The van der Waals surface area contributed by atoms with Crippen molar-refractivity contribution < 1.29 is 4.79 Å². The highest BCUT2D eigenvalue weighted by Gasteiger charge is 2.40. The molecule has 24 heavy (non-hydrogen) atoms. The van der Waals surface area contributed by atoms with Crippen LogP contribution in [0.3, 0.4) is 0 Å². The molecule has 1 atom stereocenters. The summed E-state index contributed by atoms with van der Waals surface area (Å²) in [4.78, 5) is 17.5. The molecule has 2 fully saturated rings. The summed E-state index contributed by atoms with van der Waals surface area (Å²) in [5, 5.41) is 0. The van der Waals surface area contributed by atoms with Crippen molar-refractivity contribution in [2.45, 2.75) is 64.2 Å². The maximum Gasteiger partial charge on any atom is 0.240 e. The van der Waals surface area contributed by atoms with Crippen LogP contribution in [0.25, 0.3) is 0 Å². The molecule has 1 amide bonds. The van der Waals surface area contributed by atoms with Gasteiger partial charge in [-0.1, -0.05) is 44.2 Å². The zero-order chi connectivity index (χ0) is 17.1. The van der Waals surface area contributed by atoms with Gasteiger partial charge >= 0.3 is 0 Å². The van der Waals surface area contributed by atoms with Gasteiger partial charge in [-0.05, 0) is 37.2 Å². The van der Waals surface area contributed by atoms with E-state index >= 15 is 0 Å². The molecule has 1 saturated heterocycles. The molecule has 1 heterocycles. The number of likely N-dealkylation sites (tertiary alicyclic amines) is 1. The molecule has 1 aliphatic heterocycles. The molecule has 4 heteroatoms. The number of nitrogens with zero attached hydrogens (tertiary/aromatic N) is 2. The zero-order valence-electron chi connectivity index (χ0n) is 15.0. The second kappa shape index (κ2) is 7.66. The fraction of sp³-hybridized carbons (Fsp3) is 0.650. The van der Waals surface area contributed by atoms with E-state index in [4.69, 9.17) is 5.73 Å². The molecule has 4 nitrogen and oxygen atoms in total. The van der Waals surface area contributed by atoms with Gasteiger partial charge in [0.2, 0.25) is 5.91 Å². The average molecular weight is 329 g/mol. The minimum Gasteiger partial charge on any atom is -0.335 e. The Balaban J connectivity index is 1.57. The van der Waals surface area contributed by atoms with E-state index < -0.39 is 0 Å². The second-order valence-electron chi connectivity index (χ2n) is 7.74. The minimum atomic E-state index is -0.354. The molecule has 1 unspecified atom stereocenters. The third-order valence-electron chi connectivity index (χ3n) is 5.40. The standard InChI is InChI=1S/C20H31N3O/c1-15(2)19(21)20(24)23(17-8-9-17)18-10-12-22(13-11-18)14-16-6-4-3-5-7-16/h3-7,15,17-19H,8-14,21H2,1-2H3. The van der Waals surface area contributed by atoms with Crippen LogP contribution < -0.4 is 5.73 Å². The lowest BCUT2D eigenvalue weighted by Crippen LogP contribution is -2.54. The lowest BCUT2D eigenvalue weighted by atomic mass is 9.98. The minimum absolute atomic E-state index is 0.175. The van der Waals surface area contributed by atoms with Gasteiger partial charge in [0.1, 0.15) is 0 Å². The molecule has 3 rings (SSSR count). The van der Waals surface area contributed by atoms with Crippen LogP contribution >= 0.6 is 0 Å². The number of benzene rings is 1. The number of hydrogen-bond donors (Lipinski definition) is 1. The van der Waals surface area contributed by atoms with Gasteiger partial charge in [-0.25, -0.2) is 0 Å². The second-order valence-corrected chi connectivity index (χ2v) is 7.74. The fourth-order valence-electron chi connectivity index (χ4n) is 3.67. The van der Waals surface area contributed by atoms with Crippen LogP contribution in [0.5, 0.6) is 0 Å². The van der Waals surface area contributed by atoms with Gasteiger partial charge in [0.25, 0.3) is 0 Å². The molecule has 2 N–H and O–H groups in total. The third-order valence-corrected chi connectivity index (χ3v) is 5.40. The molecule has 0 bridgehead atoms. The van der Waals surface area contributed by atoms with Gasteiger partial charge in [-0.15, -0.1) is 0 Å². The number of amides is 1. The average Bonchev–Trinajstić information content (AvgIpc) is 3.41. The SMILES string of the molecule is CC(C)C(N)C(=O)N(C1CC1)C1CCN(Cc2ccccc2)CC1. The number of piperidine rings is 1. The smallest absolute Gasteiger partial charge is 0.240 e. The summed E-state index contributed by atoms with van der Waals surface area (Å²) in [6.07, 6.45) is 4.45. The largest absolute Gasteiger partial charge is 0.335 e. The molecule has 0 spiro atoms. The number of hydrogen-bond acceptors (Lipinski definition) is 3. The van der Waals surface area contributed by atoms with Crippen molar-refractivity contribution in [1.82, 2.24) is 9.80 Å². The predicted molar refractivity (Wildman–Crippen MR) is 97.4 cm³/mol. The lowest BCUT2D eigenvalue weighted by Gasteiger charge is -2.40. The quantitative estimate of drug-likeness (QED) is 0.873. The van der Waals surface area contributed by atoms with Crippen LogP contribution in [0.2, 0.25) is 0 Å². The highest BCUT2D eigenvalue weighted by Crippen LogP contribution is 2.33. The van der Waals surface area contributed by atoms with Crippen molar-refractivity contribution in [3.8, 4) is 0 Å². The van der Waals surface area contributed by atoms with Crippen LogP contribution in [0, 0.1) is 5.92 Å². The molecule has 2 aliphatic rings. The Morgan fingerprint density at radius 1 is 1.12 bits per heavy atom. The van der Waals surface area contributed by atoms with Crippen molar-refractivity contribution >= 4 is 5.91 Å². The van der Waals surface area contributed by atoms with Crippen LogP contribution in [0.4, 0.5) is 0 Å². The maximum absolute atomic E-state index is 12.8. The van der Waals surface area contributed by atoms with E-state index in [2.05, 4.69) is 40.1 Å². The summed E-state index contributed by atoms with van der Waals surface area (Å²) < 4.78 is 0. The van der Waals surface area contributed by atoms with Crippen molar-refractivity contribution in [1.29, 1.82) is 0 Å². The van der Waals surface area contributed by atoms with Gasteiger partial charge < -0.3 is 10.6 Å². The Labute approximate surface area is 146 Å². The normalized spacial score (nSPS) is 21.0. The van der Waals surface area contributed by atoms with Crippen LogP contribution in [-0.4, -0.2) is 46.9 Å². The molecular weight excluding hydrogens is 298 g/mol. The van der Waals surface area contributed by atoms with E-state index in [0.717, 1.165) is 45.3 Å². The van der Waals surface area contributed by atoms with E-state index in [1.54, 1.807) is 0 Å². The summed E-state index contributed by atoms with van der Waals surface area (Å²) in [6, 6.07) is 11.1. The van der Waals surface area contributed by atoms with E-state index in [1.807, 2.05) is 13.8 Å². The first-order valence-electron chi connectivity index (χ1n) is 9.40. The van der Waals surface area contributed by atoms with Gasteiger partial charge in [0.05, 0.1) is 6.04 Å². The summed E-state index contributed by atoms with van der Waals surface area (Å²) in [6.45, 7) is 7.21. The van der Waals surface area contributed by atoms with Crippen molar-refractivity contribution in [3.05, 3.63) is 35.9 Å². The van der Waals surface area contributed by atoms with Crippen LogP contribution in [0.1, 0.15) is 45.1 Å². The van der Waals surface area contributed by atoms with Gasteiger partial charge in [-0.3, -0.25) is 9.69 Å². The van der Waals surface area contributed by atoms with E-state index in [9.17, 15) is 4.79 Å². The molecule has 1 aliphatic carbocycles. The topological polar surface area (TPSA) is 49.6 Å². The third kappa shape index (κ3) is 4.17. The number of carbonyl (C=O) groups excluding carboxylic acids is 1. The highest BCUT2D eigenvalue weighted by molar-refractivity contribution is 5.82. The highest BCUT2D eigenvalue weighted by atomic mass is 16.2. The lowest BCUT2D eigenvalue weighted by molar-refractivity contribution is -0.137. The molecule has 132 valence electrons. The molecule has 1 aromatic rings. The first-order chi connectivity index (χ1) is 11.6. The molecule has 1 aromatic carbocycles. The summed E-state index contributed by atoms with van der Waals surface area (Å²) in [5.41, 5.74) is 7.53. The first-order valence-corrected chi connectivity index (χ1v) is 9.40. The first kappa shape index (κ1) is 17.4. The summed E-state index contributed by atoms with van der Waals surface area (Å²) in [7, 11) is 0. The van der Waals surface area contributed by atoms with Crippen LogP contribution in [0.15, 0.2) is 30.3 Å². The Hall–Kier alpha value is -1.39. The Kier molecular flexibility index (Phi) is 5.57. The van der Waals surface area contributed by atoms with E-state index in [1.165, 1.54) is 5.56 Å². The zero-order valence-corrected chi connectivity index (χ0v) is 15.0. The van der Waals surface area contributed by atoms with Gasteiger partial charge in [0.15, 0.2) is 0 Å². The van der Waals surface area contributed by atoms with Crippen LogP contribution in [-0.2, 0) is 11.3 Å². The molecule has 1 saturated carbocycles. The Morgan fingerprint density at radius 3 is 2.25 bits per heavy atom. The van der Waals surface area contributed by atoms with Crippen molar-refractivity contribution in [3.63, 3.8) is 0 Å². The number of carbonyl (C=O) groups is 1. The molecule has 0 aromatic heterocycles. The number of nitrogens with two attached hydrogens (primary N) is 1. The predicted octanol–water partition coefficient (Wildman–Crippen LogP) is 2.63. The van der Waals surface area contributed by atoms with Gasteiger partial charge in [0, 0.05) is 31.7 Å². The van der Waals surface area contributed by atoms with Gasteiger partial charge in [-0.2, -0.15) is 0 Å². The maximum atomic E-state index is 12.8. The number of rotatable bonds is 6. The van der Waals surface area contributed by atoms with E-state index in [-0.39, 0.29) is 17.9 Å². The fourth-order valence-corrected chi connectivity index (χ4v) is 3.67. The molecule has 0 radical (unpaired) electrons. The Bertz CT molecular complexity index is 533. The summed E-state index contributed by atoms with van der Waals surface area (Å²) >= 11 is 0. The molecular formula is C20H31N3O. The summed E-state index contributed by atoms with van der Waals surface area (Å²) in [5.74, 6) is 0.380. The van der Waals surface area contributed by atoms with E-state index in [0.29, 0.717) is 12.1 Å². The Morgan fingerprint density at radius 2 is 1.71 bits per heavy atom.